The lowest BCUT2D eigenvalue weighted by Gasteiger charge is -2.20. The topological polar surface area (TPSA) is 92.3 Å². The molecule has 0 aliphatic carbocycles. The molecule has 162 valence electrons. The van der Waals surface area contributed by atoms with Crippen molar-refractivity contribution < 1.29 is 17.9 Å². The van der Waals surface area contributed by atoms with Gasteiger partial charge in [-0.1, -0.05) is 18.2 Å². The van der Waals surface area contributed by atoms with Gasteiger partial charge in [0, 0.05) is 45.8 Å². The Hall–Kier alpha value is -1.84. The van der Waals surface area contributed by atoms with Gasteiger partial charge in [-0.05, 0) is 30.9 Å². The number of hydrogen-bond donors (Lipinski definition) is 2. The predicted molar refractivity (Wildman–Crippen MR) is 115 cm³/mol. The third kappa shape index (κ3) is 6.32. The van der Waals surface area contributed by atoms with Crippen LogP contribution < -0.4 is 14.9 Å². The van der Waals surface area contributed by atoms with E-state index in [1.807, 2.05) is 24.3 Å². The number of guanidine groups is 1. The molecule has 3 rings (SSSR count). The number of nitrogens with one attached hydrogen (secondary N) is 2. The van der Waals surface area contributed by atoms with E-state index >= 15 is 0 Å². The first-order chi connectivity index (χ1) is 14.1. The second kappa shape index (κ2) is 10.8. The van der Waals surface area contributed by atoms with Crippen LogP contribution in [0.4, 0.5) is 5.69 Å². The maximum Gasteiger partial charge on any atom is 0.236 e. The Morgan fingerprint density at radius 2 is 2.14 bits per heavy atom. The maximum atomic E-state index is 12.7. The highest BCUT2D eigenvalue weighted by Gasteiger charge is 2.28. The van der Waals surface area contributed by atoms with Crippen molar-refractivity contribution in [1.82, 2.24) is 10.6 Å². The Bertz CT molecular complexity index is 778. The molecule has 0 spiro atoms. The van der Waals surface area contributed by atoms with Gasteiger partial charge in [-0.3, -0.25) is 9.30 Å². The molecule has 0 saturated carbocycles. The van der Waals surface area contributed by atoms with Crippen LogP contribution in [0.5, 0.6) is 0 Å². The first-order valence-corrected chi connectivity index (χ1v) is 11.9. The van der Waals surface area contributed by atoms with Gasteiger partial charge < -0.3 is 20.1 Å². The predicted octanol–water partition coefficient (Wildman–Crippen LogP) is 0.987. The van der Waals surface area contributed by atoms with E-state index in [2.05, 4.69) is 15.6 Å². The van der Waals surface area contributed by atoms with E-state index in [-0.39, 0.29) is 5.75 Å². The van der Waals surface area contributed by atoms with Crippen molar-refractivity contribution in [1.29, 1.82) is 0 Å². The van der Waals surface area contributed by atoms with E-state index in [0.717, 1.165) is 50.3 Å². The standard InChI is InChI=1S/C20H32N4O4S/c1-21-20(22-9-4-12-27-15-17-8-13-28-16-17)23-10-14-29(25,26)24-11-7-18-5-2-3-6-19(18)24/h2-3,5-6,17H,4,7-16H2,1H3,(H2,21,22,23). The molecule has 0 radical (unpaired) electrons. The zero-order valence-electron chi connectivity index (χ0n) is 17.1. The monoisotopic (exact) mass is 424 g/mol. The Kier molecular flexibility index (Phi) is 8.14. The van der Waals surface area contributed by atoms with Crippen molar-refractivity contribution in [3.05, 3.63) is 29.8 Å². The average molecular weight is 425 g/mol. The second-order valence-electron chi connectivity index (χ2n) is 7.35. The minimum absolute atomic E-state index is 0.0224. The Labute approximate surface area is 173 Å². The Morgan fingerprint density at radius 3 is 2.93 bits per heavy atom. The third-order valence-electron chi connectivity index (χ3n) is 5.19. The minimum atomic E-state index is -3.36. The molecule has 9 heteroatoms. The first-order valence-electron chi connectivity index (χ1n) is 10.3. The molecule has 1 atom stereocenters. The normalized spacial score (nSPS) is 19.4. The quantitative estimate of drug-likeness (QED) is 0.331. The van der Waals surface area contributed by atoms with Crippen LogP contribution >= 0.6 is 0 Å². The zero-order valence-corrected chi connectivity index (χ0v) is 17.9. The number of para-hydroxylation sites is 1. The van der Waals surface area contributed by atoms with E-state index in [0.29, 0.717) is 38.1 Å². The molecular formula is C20H32N4O4S. The lowest BCUT2D eigenvalue weighted by molar-refractivity contribution is 0.0888. The minimum Gasteiger partial charge on any atom is -0.381 e. The summed E-state index contributed by atoms with van der Waals surface area (Å²) >= 11 is 0. The van der Waals surface area contributed by atoms with E-state index in [1.165, 1.54) is 4.31 Å². The molecular weight excluding hydrogens is 392 g/mol. The Morgan fingerprint density at radius 1 is 1.31 bits per heavy atom. The highest BCUT2D eigenvalue weighted by atomic mass is 32.2. The Balaban J connectivity index is 1.32. The average Bonchev–Trinajstić information content (AvgIpc) is 3.39. The smallest absolute Gasteiger partial charge is 0.236 e. The van der Waals surface area contributed by atoms with Gasteiger partial charge in [-0.25, -0.2) is 8.42 Å². The van der Waals surface area contributed by atoms with Crippen molar-refractivity contribution in [3.8, 4) is 0 Å². The van der Waals surface area contributed by atoms with Crippen LogP contribution in [0.25, 0.3) is 0 Å². The molecule has 2 aliphatic heterocycles. The van der Waals surface area contributed by atoms with Gasteiger partial charge in [-0.2, -0.15) is 0 Å². The maximum absolute atomic E-state index is 12.7. The largest absolute Gasteiger partial charge is 0.381 e. The fraction of sp³-hybridized carbons (Fsp3) is 0.650. The molecule has 0 bridgehead atoms. The van der Waals surface area contributed by atoms with Crippen LogP contribution in [0, 0.1) is 5.92 Å². The van der Waals surface area contributed by atoms with Crippen LogP contribution in [0.1, 0.15) is 18.4 Å². The van der Waals surface area contributed by atoms with Crippen LogP contribution in [-0.2, 0) is 25.9 Å². The SMILES string of the molecule is CN=C(NCCCOCC1CCOC1)NCCS(=O)(=O)N1CCc2ccccc21. The lowest BCUT2D eigenvalue weighted by Crippen LogP contribution is -2.42. The fourth-order valence-electron chi connectivity index (χ4n) is 3.57. The number of ether oxygens (including phenoxy) is 2. The molecule has 1 unspecified atom stereocenters. The summed E-state index contributed by atoms with van der Waals surface area (Å²) in [5, 5.41) is 6.28. The van der Waals surface area contributed by atoms with Crippen LogP contribution in [0.15, 0.2) is 29.3 Å². The molecule has 1 fully saturated rings. The molecule has 1 aromatic carbocycles. The summed E-state index contributed by atoms with van der Waals surface area (Å²) in [5.74, 6) is 1.15. The molecule has 29 heavy (non-hydrogen) atoms. The number of anilines is 1. The molecule has 8 nitrogen and oxygen atoms in total. The summed E-state index contributed by atoms with van der Waals surface area (Å²) in [6.07, 6.45) is 2.71. The van der Waals surface area contributed by atoms with Gasteiger partial charge in [0.05, 0.1) is 24.7 Å². The van der Waals surface area contributed by atoms with E-state index < -0.39 is 10.0 Å². The molecule has 0 aromatic heterocycles. The molecule has 0 amide bonds. The first kappa shape index (κ1) is 21.9. The number of rotatable bonds is 10. The van der Waals surface area contributed by atoms with Gasteiger partial charge in [-0.15, -0.1) is 0 Å². The number of aliphatic imine (C=N–C) groups is 1. The molecule has 2 aliphatic rings. The van der Waals surface area contributed by atoms with Crippen molar-refractivity contribution in [2.75, 3.05) is 63.2 Å². The highest BCUT2D eigenvalue weighted by Crippen LogP contribution is 2.29. The zero-order chi connectivity index (χ0) is 20.5. The lowest BCUT2D eigenvalue weighted by atomic mass is 10.1. The number of sulfonamides is 1. The van der Waals surface area contributed by atoms with Gasteiger partial charge >= 0.3 is 0 Å². The summed E-state index contributed by atoms with van der Waals surface area (Å²) in [7, 11) is -1.68. The van der Waals surface area contributed by atoms with Gasteiger partial charge in [0.15, 0.2) is 5.96 Å². The third-order valence-corrected chi connectivity index (χ3v) is 6.96. The summed E-state index contributed by atoms with van der Waals surface area (Å²) in [4.78, 5) is 4.15. The van der Waals surface area contributed by atoms with Crippen LogP contribution in [0.3, 0.4) is 0 Å². The summed E-state index contributed by atoms with van der Waals surface area (Å²) in [6.45, 7) is 4.62. The fourth-order valence-corrected chi connectivity index (χ4v) is 5.00. The molecule has 1 saturated heterocycles. The number of benzene rings is 1. The van der Waals surface area contributed by atoms with Gasteiger partial charge in [0.1, 0.15) is 0 Å². The van der Waals surface area contributed by atoms with Crippen molar-refractivity contribution in [2.24, 2.45) is 10.9 Å². The second-order valence-corrected chi connectivity index (χ2v) is 9.36. The summed E-state index contributed by atoms with van der Waals surface area (Å²) < 4.78 is 37.9. The van der Waals surface area contributed by atoms with Gasteiger partial charge in [0.25, 0.3) is 0 Å². The molecule has 2 heterocycles. The van der Waals surface area contributed by atoms with Crippen molar-refractivity contribution >= 4 is 21.7 Å². The van der Waals surface area contributed by atoms with E-state index in [9.17, 15) is 8.42 Å². The van der Waals surface area contributed by atoms with Crippen molar-refractivity contribution in [3.63, 3.8) is 0 Å². The van der Waals surface area contributed by atoms with E-state index in [4.69, 9.17) is 9.47 Å². The van der Waals surface area contributed by atoms with Crippen LogP contribution in [-0.4, -0.2) is 73.2 Å². The number of hydrogen-bond acceptors (Lipinski definition) is 5. The van der Waals surface area contributed by atoms with Gasteiger partial charge in [0.2, 0.25) is 10.0 Å². The molecule has 2 N–H and O–H groups in total. The van der Waals surface area contributed by atoms with E-state index in [1.54, 1.807) is 7.05 Å². The number of nitrogens with zero attached hydrogens (tertiary/aromatic N) is 2. The van der Waals surface area contributed by atoms with Crippen molar-refractivity contribution in [2.45, 2.75) is 19.3 Å². The highest BCUT2D eigenvalue weighted by molar-refractivity contribution is 7.92. The summed E-state index contributed by atoms with van der Waals surface area (Å²) in [5.41, 5.74) is 1.89. The molecule has 1 aromatic rings. The van der Waals surface area contributed by atoms with Crippen LogP contribution in [0.2, 0.25) is 0 Å². The summed E-state index contributed by atoms with van der Waals surface area (Å²) in [6, 6.07) is 7.68. The number of fused-ring (bicyclic) bond motifs is 1.